The number of carbonyl (C=O) groups is 1. The molecule has 26 heavy (non-hydrogen) atoms. The first-order chi connectivity index (χ1) is 12.5. The van der Waals surface area contributed by atoms with Crippen LogP contribution in [0.2, 0.25) is 5.02 Å². The molecule has 5 nitrogen and oxygen atoms in total. The van der Waals surface area contributed by atoms with Crippen molar-refractivity contribution in [2.24, 2.45) is 0 Å². The second-order valence-corrected chi connectivity index (χ2v) is 6.95. The van der Waals surface area contributed by atoms with Gasteiger partial charge in [-0.05, 0) is 43.5 Å². The number of para-hydroxylation sites is 1. The number of phenolic OH excluding ortho intramolecular Hbond substituents is 1. The van der Waals surface area contributed by atoms with Gasteiger partial charge < -0.3 is 20.1 Å². The van der Waals surface area contributed by atoms with Crippen LogP contribution in [-0.2, 0) is 11.3 Å². The lowest BCUT2D eigenvalue weighted by Gasteiger charge is -2.26. The summed E-state index contributed by atoms with van der Waals surface area (Å²) in [6.45, 7) is 3.41. The van der Waals surface area contributed by atoms with Crippen LogP contribution in [0.4, 0.5) is 10.5 Å². The van der Waals surface area contributed by atoms with Gasteiger partial charge in [0.05, 0.1) is 12.6 Å². The largest absolute Gasteiger partial charge is 0.508 e. The van der Waals surface area contributed by atoms with Crippen LogP contribution in [0, 0.1) is 6.92 Å². The number of phenols is 1. The Labute approximate surface area is 158 Å². The Bertz CT molecular complexity index is 775. The van der Waals surface area contributed by atoms with E-state index in [2.05, 4.69) is 5.32 Å². The summed E-state index contributed by atoms with van der Waals surface area (Å²) in [6.07, 6.45) is 1.96. The SMILES string of the molecule is Cc1ccc(NC(=O)N(Cc2ccccc2O)CC2CCCO2)cc1Cl. The molecule has 0 aliphatic carbocycles. The van der Waals surface area contributed by atoms with E-state index in [9.17, 15) is 9.90 Å². The van der Waals surface area contributed by atoms with Crippen molar-refractivity contribution in [2.45, 2.75) is 32.4 Å². The number of rotatable bonds is 5. The topological polar surface area (TPSA) is 61.8 Å². The van der Waals surface area contributed by atoms with Gasteiger partial charge in [-0.1, -0.05) is 35.9 Å². The molecule has 2 aromatic rings. The van der Waals surface area contributed by atoms with E-state index in [1.54, 1.807) is 23.1 Å². The van der Waals surface area contributed by atoms with Crippen LogP contribution in [-0.4, -0.2) is 35.3 Å². The summed E-state index contributed by atoms with van der Waals surface area (Å²) >= 11 is 6.15. The third-order valence-electron chi connectivity index (χ3n) is 4.51. The van der Waals surface area contributed by atoms with Crippen molar-refractivity contribution in [2.75, 3.05) is 18.5 Å². The van der Waals surface area contributed by atoms with E-state index in [-0.39, 0.29) is 17.9 Å². The minimum Gasteiger partial charge on any atom is -0.508 e. The average molecular weight is 375 g/mol. The van der Waals surface area contributed by atoms with Crippen LogP contribution in [0.5, 0.6) is 5.75 Å². The predicted octanol–water partition coefficient (Wildman–Crippen LogP) is 4.57. The van der Waals surface area contributed by atoms with Crippen molar-refractivity contribution in [1.82, 2.24) is 4.90 Å². The molecule has 0 bridgehead atoms. The zero-order valence-corrected chi connectivity index (χ0v) is 15.5. The molecule has 1 fully saturated rings. The number of halogens is 1. The van der Waals surface area contributed by atoms with Gasteiger partial charge in [0.25, 0.3) is 0 Å². The first-order valence-corrected chi connectivity index (χ1v) is 9.11. The van der Waals surface area contributed by atoms with E-state index in [1.807, 2.05) is 31.2 Å². The molecule has 6 heteroatoms. The zero-order chi connectivity index (χ0) is 18.5. The molecule has 0 aromatic heterocycles. The van der Waals surface area contributed by atoms with Gasteiger partial charge in [0.1, 0.15) is 5.75 Å². The van der Waals surface area contributed by atoms with E-state index in [0.717, 1.165) is 25.0 Å². The van der Waals surface area contributed by atoms with Crippen molar-refractivity contribution >= 4 is 23.3 Å². The summed E-state index contributed by atoms with van der Waals surface area (Å²) in [5.41, 5.74) is 2.29. The Balaban J connectivity index is 1.75. The fourth-order valence-corrected chi connectivity index (χ4v) is 3.16. The molecule has 1 heterocycles. The lowest BCUT2D eigenvalue weighted by Crippen LogP contribution is -2.39. The number of urea groups is 1. The standard InChI is InChI=1S/C20H23ClN2O3/c1-14-8-9-16(11-18(14)21)22-20(25)23(13-17-6-4-10-26-17)12-15-5-2-3-7-19(15)24/h2-3,5,7-9,11,17,24H,4,6,10,12-13H2,1H3,(H,22,25). The molecule has 2 N–H and O–H groups in total. The Morgan fingerprint density at radius 1 is 1.35 bits per heavy atom. The Morgan fingerprint density at radius 3 is 2.85 bits per heavy atom. The van der Waals surface area contributed by atoms with Crippen LogP contribution in [0.1, 0.15) is 24.0 Å². The summed E-state index contributed by atoms with van der Waals surface area (Å²) in [5.74, 6) is 0.177. The van der Waals surface area contributed by atoms with Crippen LogP contribution < -0.4 is 5.32 Å². The maximum Gasteiger partial charge on any atom is 0.322 e. The predicted molar refractivity (Wildman–Crippen MR) is 103 cm³/mol. The molecular weight excluding hydrogens is 352 g/mol. The minimum atomic E-state index is -0.247. The fourth-order valence-electron chi connectivity index (χ4n) is 2.98. The summed E-state index contributed by atoms with van der Waals surface area (Å²) < 4.78 is 5.68. The highest BCUT2D eigenvalue weighted by atomic mass is 35.5. The van der Waals surface area contributed by atoms with Crippen molar-refractivity contribution in [3.8, 4) is 5.75 Å². The first-order valence-electron chi connectivity index (χ1n) is 8.73. The Morgan fingerprint density at radius 2 is 2.15 bits per heavy atom. The molecule has 2 aromatic carbocycles. The van der Waals surface area contributed by atoms with Crippen LogP contribution >= 0.6 is 11.6 Å². The van der Waals surface area contributed by atoms with Crippen molar-refractivity contribution in [3.05, 3.63) is 58.6 Å². The Hall–Kier alpha value is -2.24. The van der Waals surface area contributed by atoms with E-state index in [0.29, 0.717) is 29.4 Å². The van der Waals surface area contributed by atoms with Gasteiger partial charge in [0, 0.05) is 29.4 Å². The summed E-state index contributed by atoms with van der Waals surface area (Å²) in [6, 6.07) is 12.2. The molecule has 1 saturated heterocycles. The van der Waals surface area contributed by atoms with Crippen LogP contribution in [0.15, 0.2) is 42.5 Å². The molecule has 138 valence electrons. The van der Waals surface area contributed by atoms with Gasteiger partial charge in [0.2, 0.25) is 0 Å². The van der Waals surface area contributed by atoms with Gasteiger partial charge in [0.15, 0.2) is 0 Å². The van der Waals surface area contributed by atoms with E-state index < -0.39 is 0 Å². The second kappa shape index (κ2) is 8.43. The highest BCUT2D eigenvalue weighted by molar-refractivity contribution is 6.31. The fraction of sp³-hybridized carbons (Fsp3) is 0.350. The Kier molecular flexibility index (Phi) is 6.01. The number of ether oxygens (including phenoxy) is 1. The lowest BCUT2D eigenvalue weighted by atomic mass is 10.1. The van der Waals surface area contributed by atoms with Gasteiger partial charge in [-0.3, -0.25) is 0 Å². The molecule has 1 aliphatic heterocycles. The molecule has 1 aliphatic rings. The lowest BCUT2D eigenvalue weighted by molar-refractivity contribution is 0.0817. The van der Waals surface area contributed by atoms with Crippen LogP contribution in [0.25, 0.3) is 0 Å². The number of aryl methyl sites for hydroxylation is 1. The number of benzene rings is 2. The quantitative estimate of drug-likeness (QED) is 0.806. The number of hydrogen-bond donors (Lipinski definition) is 2. The molecule has 1 atom stereocenters. The molecule has 1 unspecified atom stereocenters. The average Bonchev–Trinajstić information content (AvgIpc) is 3.12. The molecule has 2 amide bonds. The van der Waals surface area contributed by atoms with E-state index in [4.69, 9.17) is 16.3 Å². The van der Waals surface area contributed by atoms with Gasteiger partial charge in [-0.2, -0.15) is 0 Å². The highest BCUT2D eigenvalue weighted by Crippen LogP contribution is 2.23. The molecule has 0 radical (unpaired) electrons. The third-order valence-corrected chi connectivity index (χ3v) is 4.92. The number of nitrogens with one attached hydrogen (secondary N) is 1. The number of carbonyl (C=O) groups excluding carboxylic acids is 1. The monoisotopic (exact) mass is 374 g/mol. The van der Waals surface area contributed by atoms with Gasteiger partial charge in [-0.25, -0.2) is 4.79 Å². The van der Waals surface area contributed by atoms with Crippen molar-refractivity contribution in [1.29, 1.82) is 0 Å². The number of anilines is 1. The highest BCUT2D eigenvalue weighted by Gasteiger charge is 2.23. The first kappa shape index (κ1) is 18.5. The minimum absolute atomic E-state index is 0.0215. The second-order valence-electron chi connectivity index (χ2n) is 6.54. The van der Waals surface area contributed by atoms with E-state index in [1.165, 1.54) is 0 Å². The normalized spacial score (nSPS) is 16.5. The van der Waals surface area contributed by atoms with E-state index >= 15 is 0 Å². The summed E-state index contributed by atoms with van der Waals surface area (Å²) in [4.78, 5) is 14.5. The number of amides is 2. The summed E-state index contributed by atoms with van der Waals surface area (Å²) in [5, 5.41) is 13.5. The van der Waals surface area contributed by atoms with Gasteiger partial charge >= 0.3 is 6.03 Å². The van der Waals surface area contributed by atoms with Gasteiger partial charge in [-0.15, -0.1) is 0 Å². The zero-order valence-electron chi connectivity index (χ0n) is 14.7. The summed E-state index contributed by atoms with van der Waals surface area (Å²) in [7, 11) is 0. The number of hydrogen-bond acceptors (Lipinski definition) is 3. The molecular formula is C20H23ClN2O3. The maximum absolute atomic E-state index is 12.8. The number of aromatic hydroxyl groups is 1. The molecule has 3 rings (SSSR count). The third kappa shape index (κ3) is 4.68. The van der Waals surface area contributed by atoms with Crippen molar-refractivity contribution < 1.29 is 14.6 Å². The molecule has 0 saturated carbocycles. The molecule has 0 spiro atoms. The number of nitrogens with zero attached hydrogens (tertiary/aromatic N) is 1. The van der Waals surface area contributed by atoms with Crippen LogP contribution in [0.3, 0.4) is 0 Å². The smallest absolute Gasteiger partial charge is 0.322 e. The maximum atomic E-state index is 12.8. The van der Waals surface area contributed by atoms with Crippen molar-refractivity contribution in [3.63, 3.8) is 0 Å².